The molecule has 0 aliphatic rings. The predicted molar refractivity (Wildman–Crippen MR) is 64.2 cm³/mol. The number of hydrogen-bond acceptors (Lipinski definition) is 4. The summed E-state index contributed by atoms with van der Waals surface area (Å²) in [6, 6.07) is 9.26. The molecule has 2 unspecified atom stereocenters. The minimum Gasteiger partial charge on any atom is -0.309 e. The average Bonchev–Trinajstić information content (AvgIpc) is 2.30. The summed E-state index contributed by atoms with van der Waals surface area (Å²) in [4.78, 5) is 0. The molecule has 16 heavy (non-hydrogen) atoms. The molecule has 0 aliphatic carbocycles. The van der Waals surface area contributed by atoms with Crippen molar-refractivity contribution in [2.45, 2.75) is 20.1 Å². The van der Waals surface area contributed by atoms with Gasteiger partial charge in [0.1, 0.15) is 6.23 Å². The number of hydrogen-bond donors (Lipinski definition) is 1. The summed E-state index contributed by atoms with van der Waals surface area (Å²) < 4.78 is 22.5. The van der Waals surface area contributed by atoms with Gasteiger partial charge in [0, 0.05) is 6.16 Å². The predicted octanol–water partition coefficient (Wildman–Crippen LogP) is 2.91. The molecule has 5 heteroatoms. The van der Waals surface area contributed by atoms with E-state index in [4.69, 9.17) is 14.8 Å². The summed E-state index contributed by atoms with van der Waals surface area (Å²) in [5.41, 5.74) is 6.60. The lowest BCUT2D eigenvalue weighted by atomic mass is 10.2. The number of rotatable bonds is 6. The summed E-state index contributed by atoms with van der Waals surface area (Å²) >= 11 is 0. The molecule has 0 bridgehead atoms. The van der Waals surface area contributed by atoms with E-state index in [2.05, 4.69) is 0 Å². The Morgan fingerprint density at radius 2 is 1.94 bits per heavy atom. The Kier molecular flexibility index (Phi) is 5.16. The van der Waals surface area contributed by atoms with Gasteiger partial charge in [-0.05, 0) is 12.5 Å². The van der Waals surface area contributed by atoms with Crippen LogP contribution in [0, 0.1) is 0 Å². The van der Waals surface area contributed by atoms with E-state index in [1.807, 2.05) is 30.3 Å². The summed E-state index contributed by atoms with van der Waals surface area (Å²) in [5.74, 6) is 0. The maximum absolute atomic E-state index is 12.0. The number of benzene rings is 1. The third-order valence-corrected chi connectivity index (χ3v) is 4.09. The van der Waals surface area contributed by atoms with Crippen LogP contribution in [-0.4, -0.2) is 12.8 Å². The van der Waals surface area contributed by atoms with Crippen LogP contribution in [0.15, 0.2) is 30.3 Å². The molecule has 0 fully saturated rings. The van der Waals surface area contributed by atoms with Crippen molar-refractivity contribution in [3.8, 4) is 0 Å². The summed E-state index contributed by atoms with van der Waals surface area (Å²) in [5, 5.41) is 0. The molecular weight excluding hydrogens is 225 g/mol. The lowest BCUT2D eigenvalue weighted by Gasteiger charge is -2.20. The van der Waals surface area contributed by atoms with Crippen molar-refractivity contribution in [2.24, 2.45) is 5.73 Å². The van der Waals surface area contributed by atoms with Gasteiger partial charge in [0.05, 0.1) is 6.61 Å². The van der Waals surface area contributed by atoms with Gasteiger partial charge >= 0.3 is 7.60 Å². The van der Waals surface area contributed by atoms with Gasteiger partial charge in [0.15, 0.2) is 0 Å². The zero-order valence-corrected chi connectivity index (χ0v) is 10.5. The van der Waals surface area contributed by atoms with Crippen molar-refractivity contribution in [1.29, 1.82) is 0 Å². The van der Waals surface area contributed by atoms with Crippen LogP contribution in [0.25, 0.3) is 0 Å². The summed E-state index contributed by atoms with van der Waals surface area (Å²) in [7, 11) is -3.05. The van der Waals surface area contributed by atoms with Crippen molar-refractivity contribution >= 4 is 7.60 Å². The largest absolute Gasteiger partial charge is 0.332 e. The smallest absolute Gasteiger partial charge is 0.309 e. The van der Waals surface area contributed by atoms with Crippen LogP contribution in [0.2, 0.25) is 0 Å². The molecule has 0 saturated heterocycles. The van der Waals surface area contributed by atoms with Crippen LogP contribution in [0.1, 0.15) is 25.6 Å². The standard InChI is InChI=1S/C11H18NO3P/c1-3-14-16(13,4-2)15-11(12)10-8-6-5-7-9-10/h5-9,11H,3-4,12H2,1-2H3. The first kappa shape index (κ1) is 13.4. The van der Waals surface area contributed by atoms with Crippen molar-refractivity contribution in [1.82, 2.24) is 0 Å². The van der Waals surface area contributed by atoms with E-state index in [0.717, 1.165) is 5.56 Å². The second-order valence-corrected chi connectivity index (χ2v) is 5.60. The molecule has 90 valence electrons. The molecule has 2 atom stereocenters. The lowest BCUT2D eigenvalue weighted by Crippen LogP contribution is -2.14. The third kappa shape index (κ3) is 3.72. The third-order valence-electron chi connectivity index (χ3n) is 2.12. The van der Waals surface area contributed by atoms with E-state index in [1.54, 1.807) is 13.8 Å². The fourth-order valence-electron chi connectivity index (χ4n) is 1.27. The molecule has 0 amide bonds. The second-order valence-electron chi connectivity index (χ2n) is 3.28. The molecule has 1 aromatic carbocycles. The van der Waals surface area contributed by atoms with Crippen molar-refractivity contribution in [3.05, 3.63) is 35.9 Å². The van der Waals surface area contributed by atoms with Gasteiger partial charge in [0.25, 0.3) is 0 Å². The van der Waals surface area contributed by atoms with Crippen LogP contribution >= 0.6 is 7.60 Å². The van der Waals surface area contributed by atoms with E-state index < -0.39 is 13.8 Å². The monoisotopic (exact) mass is 243 g/mol. The van der Waals surface area contributed by atoms with Crippen molar-refractivity contribution in [2.75, 3.05) is 12.8 Å². The molecule has 0 saturated carbocycles. The SMILES string of the molecule is CCOP(=O)(CC)OC(N)c1ccccc1. The molecule has 0 radical (unpaired) electrons. The van der Waals surface area contributed by atoms with Crippen LogP contribution in [0.3, 0.4) is 0 Å². The molecule has 0 spiro atoms. The number of nitrogens with two attached hydrogens (primary N) is 1. The fraction of sp³-hybridized carbons (Fsp3) is 0.455. The highest BCUT2D eigenvalue weighted by molar-refractivity contribution is 7.53. The maximum Gasteiger partial charge on any atom is 0.332 e. The highest BCUT2D eigenvalue weighted by Crippen LogP contribution is 2.50. The molecule has 0 heterocycles. The van der Waals surface area contributed by atoms with Gasteiger partial charge in [-0.1, -0.05) is 37.3 Å². The van der Waals surface area contributed by atoms with Gasteiger partial charge in [0.2, 0.25) is 0 Å². The van der Waals surface area contributed by atoms with E-state index in [1.165, 1.54) is 0 Å². The van der Waals surface area contributed by atoms with E-state index >= 15 is 0 Å². The van der Waals surface area contributed by atoms with Crippen LogP contribution in [-0.2, 0) is 13.6 Å². The Bertz CT molecular complexity index is 356. The first-order valence-electron chi connectivity index (χ1n) is 5.34. The van der Waals surface area contributed by atoms with Gasteiger partial charge < -0.3 is 10.3 Å². The maximum atomic E-state index is 12.0. The quantitative estimate of drug-likeness (QED) is 0.616. The second kappa shape index (κ2) is 6.16. The minimum absolute atomic E-state index is 0.321. The minimum atomic E-state index is -3.05. The van der Waals surface area contributed by atoms with Crippen molar-refractivity contribution < 1.29 is 13.6 Å². The van der Waals surface area contributed by atoms with Crippen molar-refractivity contribution in [3.63, 3.8) is 0 Å². The van der Waals surface area contributed by atoms with Gasteiger partial charge in [-0.15, -0.1) is 0 Å². The summed E-state index contributed by atoms with van der Waals surface area (Å²) in [6.45, 7) is 3.89. The molecule has 4 nitrogen and oxygen atoms in total. The normalized spacial score (nSPS) is 16.7. The van der Waals surface area contributed by atoms with Crippen LogP contribution in [0.5, 0.6) is 0 Å². The Labute approximate surface area is 96.3 Å². The molecular formula is C11H18NO3P. The van der Waals surface area contributed by atoms with Gasteiger partial charge in [-0.2, -0.15) is 0 Å². The topological polar surface area (TPSA) is 61.5 Å². The van der Waals surface area contributed by atoms with E-state index in [0.29, 0.717) is 12.8 Å². The van der Waals surface area contributed by atoms with Gasteiger partial charge in [-0.3, -0.25) is 9.09 Å². The first-order valence-corrected chi connectivity index (χ1v) is 7.06. The Morgan fingerprint density at radius 1 is 1.31 bits per heavy atom. The van der Waals surface area contributed by atoms with Gasteiger partial charge in [-0.25, -0.2) is 0 Å². The Balaban J connectivity index is 2.70. The highest BCUT2D eigenvalue weighted by Gasteiger charge is 2.25. The van der Waals surface area contributed by atoms with Crippen LogP contribution < -0.4 is 5.73 Å². The zero-order valence-electron chi connectivity index (χ0n) is 9.63. The lowest BCUT2D eigenvalue weighted by molar-refractivity contribution is 0.156. The van der Waals surface area contributed by atoms with E-state index in [9.17, 15) is 4.57 Å². The summed E-state index contributed by atoms with van der Waals surface area (Å²) in [6.07, 6.45) is -0.389. The molecule has 2 N–H and O–H groups in total. The molecule has 0 aromatic heterocycles. The highest BCUT2D eigenvalue weighted by atomic mass is 31.2. The molecule has 1 rings (SSSR count). The fourth-order valence-corrected chi connectivity index (χ4v) is 2.52. The molecule has 1 aromatic rings. The van der Waals surface area contributed by atoms with E-state index in [-0.39, 0.29) is 0 Å². The first-order chi connectivity index (χ1) is 7.61. The zero-order chi connectivity index (χ0) is 12.0. The Morgan fingerprint density at radius 3 is 2.44 bits per heavy atom. The average molecular weight is 243 g/mol. The van der Waals surface area contributed by atoms with Crippen LogP contribution in [0.4, 0.5) is 0 Å². The Hall–Kier alpha value is -0.670. The molecule has 0 aliphatic heterocycles.